The van der Waals surface area contributed by atoms with Crippen molar-refractivity contribution in [3.63, 3.8) is 0 Å². The summed E-state index contributed by atoms with van der Waals surface area (Å²) in [4.78, 5) is 21.7. The fraction of sp³-hybridized carbons (Fsp3) is 0.800. The molecule has 0 saturated heterocycles. The van der Waals surface area contributed by atoms with Gasteiger partial charge in [-0.25, -0.2) is 9.59 Å². The summed E-state index contributed by atoms with van der Waals surface area (Å²) in [6.45, 7) is 3.03. The van der Waals surface area contributed by atoms with E-state index < -0.39 is 24.5 Å². The normalized spacial score (nSPS) is 13.4. The first-order chi connectivity index (χ1) is 7.99. The van der Waals surface area contributed by atoms with Crippen molar-refractivity contribution in [2.75, 3.05) is 20.3 Å². The van der Waals surface area contributed by atoms with E-state index in [0.29, 0.717) is 6.42 Å². The summed E-state index contributed by atoms with van der Waals surface area (Å²) in [5.41, 5.74) is 0. The van der Waals surface area contributed by atoms with Gasteiger partial charge in [-0.3, -0.25) is 0 Å². The Kier molecular flexibility index (Phi) is 7.87. The number of hydrogen-bond acceptors (Lipinski definition) is 7. The van der Waals surface area contributed by atoms with E-state index in [1.54, 1.807) is 6.92 Å². The molecule has 0 rings (SSSR count). The highest BCUT2D eigenvalue weighted by Crippen LogP contribution is 1.99. The molecule has 7 nitrogen and oxygen atoms in total. The summed E-state index contributed by atoms with van der Waals surface area (Å²) in [6, 6.07) is 0. The molecule has 2 atom stereocenters. The van der Waals surface area contributed by atoms with Crippen molar-refractivity contribution in [3.8, 4) is 0 Å². The molecule has 2 unspecified atom stereocenters. The minimum atomic E-state index is -0.918. The molecule has 0 amide bonds. The van der Waals surface area contributed by atoms with Crippen molar-refractivity contribution >= 4 is 12.3 Å². The Hall–Kier alpha value is -1.50. The van der Waals surface area contributed by atoms with Gasteiger partial charge in [0.05, 0.1) is 13.2 Å². The van der Waals surface area contributed by atoms with Crippen LogP contribution in [0.5, 0.6) is 0 Å². The Bertz CT molecular complexity index is 241. The lowest BCUT2D eigenvalue weighted by Crippen LogP contribution is -2.25. The zero-order valence-corrected chi connectivity index (χ0v) is 10.2. The van der Waals surface area contributed by atoms with E-state index in [2.05, 4.69) is 14.2 Å². The summed E-state index contributed by atoms with van der Waals surface area (Å²) in [6.07, 6.45) is -2.65. The van der Waals surface area contributed by atoms with Crippen LogP contribution in [-0.2, 0) is 18.9 Å². The van der Waals surface area contributed by atoms with Gasteiger partial charge in [0.1, 0.15) is 19.3 Å². The second-order valence-corrected chi connectivity index (χ2v) is 3.32. The Balaban J connectivity index is 3.69. The van der Waals surface area contributed by atoms with Gasteiger partial charge in [0.25, 0.3) is 0 Å². The Morgan fingerprint density at radius 3 is 2.29 bits per heavy atom. The molecule has 0 radical (unpaired) electrons. The molecule has 0 aliphatic rings. The molecule has 100 valence electrons. The van der Waals surface area contributed by atoms with Gasteiger partial charge in [0.2, 0.25) is 0 Å². The molecule has 0 saturated carbocycles. The van der Waals surface area contributed by atoms with Crippen molar-refractivity contribution in [3.05, 3.63) is 0 Å². The SMILES string of the molecule is CCC(O)COC(=O)OC(C)COC(=O)OC. The smallest absolute Gasteiger partial charge is 0.438 e. The number of rotatable bonds is 6. The van der Waals surface area contributed by atoms with Gasteiger partial charge in [-0.2, -0.15) is 0 Å². The minimum Gasteiger partial charge on any atom is -0.438 e. The topological polar surface area (TPSA) is 91.3 Å². The summed E-state index contributed by atoms with van der Waals surface area (Å²) < 4.78 is 18.1. The number of carbonyl (C=O) groups is 2. The van der Waals surface area contributed by atoms with E-state index in [1.807, 2.05) is 0 Å². The second-order valence-electron chi connectivity index (χ2n) is 3.32. The van der Waals surface area contributed by atoms with Crippen molar-refractivity contribution in [2.45, 2.75) is 32.5 Å². The lowest BCUT2D eigenvalue weighted by atomic mass is 10.3. The fourth-order valence-corrected chi connectivity index (χ4v) is 0.759. The lowest BCUT2D eigenvalue weighted by Gasteiger charge is -2.14. The standard InChI is InChI=1S/C10H18O7/c1-4-8(11)6-16-10(13)17-7(2)5-15-9(12)14-3/h7-8,11H,4-6H2,1-3H3. The van der Waals surface area contributed by atoms with Crippen LogP contribution in [0.1, 0.15) is 20.3 Å². The van der Waals surface area contributed by atoms with Crippen LogP contribution in [0, 0.1) is 0 Å². The van der Waals surface area contributed by atoms with E-state index in [1.165, 1.54) is 14.0 Å². The molecule has 7 heteroatoms. The van der Waals surface area contributed by atoms with Gasteiger partial charge in [0.15, 0.2) is 0 Å². The lowest BCUT2D eigenvalue weighted by molar-refractivity contribution is -0.0205. The van der Waals surface area contributed by atoms with Gasteiger partial charge in [-0.15, -0.1) is 0 Å². The van der Waals surface area contributed by atoms with E-state index in [-0.39, 0.29) is 13.2 Å². The number of hydrogen-bond donors (Lipinski definition) is 1. The van der Waals surface area contributed by atoms with Crippen molar-refractivity contribution in [2.24, 2.45) is 0 Å². The van der Waals surface area contributed by atoms with Gasteiger partial charge < -0.3 is 24.1 Å². The first kappa shape index (κ1) is 15.5. The van der Waals surface area contributed by atoms with Crippen LogP contribution < -0.4 is 0 Å². The molecular formula is C10H18O7. The molecule has 0 aliphatic carbocycles. The van der Waals surface area contributed by atoms with Crippen LogP contribution in [0.3, 0.4) is 0 Å². The first-order valence-corrected chi connectivity index (χ1v) is 5.21. The third kappa shape index (κ3) is 8.32. The third-order valence-electron chi connectivity index (χ3n) is 1.76. The maximum atomic E-state index is 11.1. The molecule has 0 aromatic rings. The van der Waals surface area contributed by atoms with E-state index in [4.69, 9.17) is 9.84 Å². The monoisotopic (exact) mass is 250 g/mol. The van der Waals surface area contributed by atoms with Crippen molar-refractivity contribution in [1.29, 1.82) is 0 Å². The fourth-order valence-electron chi connectivity index (χ4n) is 0.759. The molecule has 0 heterocycles. The zero-order chi connectivity index (χ0) is 13.3. The van der Waals surface area contributed by atoms with Gasteiger partial charge >= 0.3 is 12.3 Å². The average Bonchev–Trinajstić information content (AvgIpc) is 2.32. The minimum absolute atomic E-state index is 0.125. The summed E-state index contributed by atoms with van der Waals surface area (Å²) in [5, 5.41) is 9.13. The second kappa shape index (κ2) is 8.63. The highest BCUT2D eigenvalue weighted by atomic mass is 16.7. The largest absolute Gasteiger partial charge is 0.508 e. The van der Waals surface area contributed by atoms with E-state index >= 15 is 0 Å². The van der Waals surface area contributed by atoms with Crippen LogP contribution in [0.2, 0.25) is 0 Å². The number of carbonyl (C=O) groups excluding carboxylic acids is 2. The number of ether oxygens (including phenoxy) is 4. The van der Waals surface area contributed by atoms with Crippen molar-refractivity contribution < 1.29 is 33.6 Å². The maximum Gasteiger partial charge on any atom is 0.508 e. The molecular weight excluding hydrogens is 232 g/mol. The summed E-state index contributed by atoms with van der Waals surface area (Å²) >= 11 is 0. The Morgan fingerprint density at radius 2 is 1.76 bits per heavy atom. The van der Waals surface area contributed by atoms with Gasteiger partial charge in [0, 0.05) is 0 Å². The number of aliphatic hydroxyl groups excluding tert-OH is 1. The predicted molar refractivity (Wildman–Crippen MR) is 56.5 cm³/mol. The maximum absolute atomic E-state index is 11.1. The highest BCUT2D eigenvalue weighted by molar-refractivity contribution is 5.60. The molecule has 0 aromatic heterocycles. The van der Waals surface area contributed by atoms with Crippen LogP contribution in [-0.4, -0.2) is 49.9 Å². The quantitative estimate of drug-likeness (QED) is 0.705. The third-order valence-corrected chi connectivity index (χ3v) is 1.76. The van der Waals surface area contributed by atoms with Crippen LogP contribution in [0.15, 0.2) is 0 Å². The Morgan fingerprint density at radius 1 is 1.18 bits per heavy atom. The molecule has 0 aromatic carbocycles. The highest BCUT2D eigenvalue weighted by Gasteiger charge is 2.14. The van der Waals surface area contributed by atoms with E-state index in [0.717, 1.165) is 0 Å². The van der Waals surface area contributed by atoms with Crippen LogP contribution >= 0.6 is 0 Å². The zero-order valence-electron chi connectivity index (χ0n) is 10.2. The van der Waals surface area contributed by atoms with E-state index in [9.17, 15) is 9.59 Å². The van der Waals surface area contributed by atoms with Crippen molar-refractivity contribution in [1.82, 2.24) is 0 Å². The molecule has 1 N–H and O–H groups in total. The van der Waals surface area contributed by atoms with Crippen LogP contribution in [0.25, 0.3) is 0 Å². The van der Waals surface area contributed by atoms with Crippen LogP contribution in [0.4, 0.5) is 9.59 Å². The molecule has 0 aliphatic heterocycles. The predicted octanol–water partition coefficient (Wildman–Crippen LogP) is 1.08. The summed E-state index contributed by atoms with van der Waals surface area (Å²) in [5.74, 6) is 0. The molecule has 17 heavy (non-hydrogen) atoms. The van der Waals surface area contributed by atoms with Gasteiger partial charge in [-0.05, 0) is 13.3 Å². The Labute approximate surface area is 99.6 Å². The number of methoxy groups -OCH3 is 1. The first-order valence-electron chi connectivity index (χ1n) is 5.21. The molecule has 0 fully saturated rings. The summed E-state index contributed by atoms with van der Waals surface area (Å²) in [7, 11) is 1.17. The molecule has 0 bridgehead atoms. The van der Waals surface area contributed by atoms with Gasteiger partial charge in [-0.1, -0.05) is 6.92 Å². The molecule has 0 spiro atoms. The number of aliphatic hydroxyl groups is 1. The average molecular weight is 250 g/mol.